The van der Waals surface area contributed by atoms with Crippen LogP contribution < -0.4 is 0 Å². The lowest BCUT2D eigenvalue weighted by Gasteiger charge is -2.02. The van der Waals surface area contributed by atoms with Gasteiger partial charge in [0.2, 0.25) is 0 Å². The van der Waals surface area contributed by atoms with Crippen molar-refractivity contribution in [2.24, 2.45) is 0 Å². The molecule has 4 heteroatoms. The summed E-state index contributed by atoms with van der Waals surface area (Å²) in [7, 11) is 0. The van der Waals surface area contributed by atoms with Crippen molar-refractivity contribution in [1.82, 2.24) is 0 Å². The van der Waals surface area contributed by atoms with Crippen LogP contribution in [-0.4, -0.2) is 17.8 Å². The number of halogens is 2. The summed E-state index contributed by atoms with van der Waals surface area (Å²) in [6.07, 6.45) is 2.14. The molecule has 0 saturated carbocycles. The van der Waals surface area contributed by atoms with Gasteiger partial charge in [-0.15, -0.1) is 0 Å². The van der Waals surface area contributed by atoms with E-state index >= 15 is 0 Å². The Kier molecular flexibility index (Phi) is 4.42. The molecule has 0 radical (unpaired) electrons. The normalized spacial score (nSPS) is 10.2. The summed E-state index contributed by atoms with van der Waals surface area (Å²) in [6.45, 7) is 0. The molecule has 0 heterocycles. The Morgan fingerprint density at radius 3 is 2.86 bits per heavy atom. The van der Waals surface area contributed by atoms with Crippen molar-refractivity contribution in [1.29, 1.82) is 0 Å². The number of Topliss-reactive ketones (excluding diaryl/α,β-unsaturated/α-hetero) is 1. The molecule has 14 heavy (non-hydrogen) atoms. The zero-order valence-corrected chi connectivity index (χ0v) is 9.29. The van der Waals surface area contributed by atoms with Crippen LogP contribution in [0.2, 0.25) is 5.02 Å². The standard InChI is InChI=1S/C10H10ClFOS/c1-14-6-9(13)4-7-2-3-8(12)5-10(7)11/h2-3,5H,4,6H2,1H3. The Hall–Kier alpha value is -0.540. The highest BCUT2D eigenvalue weighted by Crippen LogP contribution is 2.18. The maximum absolute atomic E-state index is 12.7. The molecular formula is C10H10ClFOS. The Morgan fingerprint density at radius 2 is 2.29 bits per heavy atom. The zero-order valence-electron chi connectivity index (χ0n) is 7.72. The predicted molar refractivity (Wildman–Crippen MR) is 58.5 cm³/mol. The number of thioether (sulfide) groups is 1. The predicted octanol–water partition coefficient (Wildman–Crippen LogP) is 2.95. The second-order valence-electron chi connectivity index (χ2n) is 2.88. The van der Waals surface area contributed by atoms with E-state index in [1.807, 2.05) is 6.26 Å². The van der Waals surface area contributed by atoms with E-state index in [0.717, 1.165) is 0 Å². The fourth-order valence-corrected chi connectivity index (χ4v) is 1.75. The van der Waals surface area contributed by atoms with E-state index in [2.05, 4.69) is 0 Å². The van der Waals surface area contributed by atoms with Crippen LogP contribution in [0.5, 0.6) is 0 Å². The summed E-state index contributed by atoms with van der Waals surface area (Å²) in [6, 6.07) is 4.09. The van der Waals surface area contributed by atoms with Gasteiger partial charge in [0.05, 0.1) is 5.75 Å². The van der Waals surface area contributed by atoms with Crippen LogP contribution in [-0.2, 0) is 11.2 Å². The van der Waals surface area contributed by atoms with E-state index in [1.54, 1.807) is 6.07 Å². The van der Waals surface area contributed by atoms with Gasteiger partial charge < -0.3 is 0 Å². The highest BCUT2D eigenvalue weighted by atomic mass is 35.5. The Balaban J connectivity index is 2.72. The number of hydrogen-bond acceptors (Lipinski definition) is 2. The number of carbonyl (C=O) groups is 1. The molecule has 0 atom stereocenters. The average molecular weight is 233 g/mol. The van der Waals surface area contributed by atoms with Crippen molar-refractivity contribution < 1.29 is 9.18 Å². The first-order valence-corrected chi connectivity index (χ1v) is 5.85. The monoisotopic (exact) mass is 232 g/mol. The quantitative estimate of drug-likeness (QED) is 0.794. The van der Waals surface area contributed by atoms with E-state index in [9.17, 15) is 9.18 Å². The maximum atomic E-state index is 12.7. The summed E-state index contributed by atoms with van der Waals surface area (Å²) in [5.74, 6) is 0.190. The topological polar surface area (TPSA) is 17.1 Å². The summed E-state index contributed by atoms with van der Waals surface area (Å²) < 4.78 is 12.7. The van der Waals surface area contributed by atoms with E-state index in [1.165, 1.54) is 23.9 Å². The fraction of sp³-hybridized carbons (Fsp3) is 0.300. The van der Waals surface area contributed by atoms with Gasteiger partial charge in [-0.25, -0.2) is 4.39 Å². The fourth-order valence-electron chi connectivity index (χ4n) is 1.09. The molecule has 1 aromatic rings. The van der Waals surface area contributed by atoms with E-state index in [0.29, 0.717) is 16.3 Å². The van der Waals surface area contributed by atoms with Crippen molar-refractivity contribution in [2.45, 2.75) is 6.42 Å². The van der Waals surface area contributed by atoms with Crippen molar-refractivity contribution >= 4 is 29.1 Å². The SMILES string of the molecule is CSCC(=O)Cc1ccc(F)cc1Cl. The van der Waals surface area contributed by atoms with Crippen LogP contribution in [0.1, 0.15) is 5.56 Å². The Labute approximate surface area is 91.6 Å². The molecule has 1 nitrogen and oxygen atoms in total. The molecular weight excluding hydrogens is 223 g/mol. The molecule has 0 spiro atoms. The zero-order chi connectivity index (χ0) is 10.6. The van der Waals surface area contributed by atoms with Gasteiger partial charge in [0, 0.05) is 11.4 Å². The summed E-state index contributed by atoms with van der Waals surface area (Å²) in [5.41, 5.74) is 0.687. The van der Waals surface area contributed by atoms with E-state index in [4.69, 9.17) is 11.6 Å². The summed E-state index contributed by atoms with van der Waals surface area (Å²) in [4.78, 5) is 11.3. The van der Waals surface area contributed by atoms with Gasteiger partial charge in [0.1, 0.15) is 11.6 Å². The van der Waals surface area contributed by atoms with Crippen LogP contribution in [0.15, 0.2) is 18.2 Å². The third-order valence-corrected chi connectivity index (χ3v) is 2.67. The maximum Gasteiger partial charge on any atom is 0.147 e. The number of carbonyl (C=O) groups excluding carboxylic acids is 1. The van der Waals surface area contributed by atoms with Gasteiger partial charge in [-0.05, 0) is 24.0 Å². The molecule has 0 aliphatic carbocycles. The molecule has 0 saturated heterocycles. The number of benzene rings is 1. The second-order valence-corrected chi connectivity index (χ2v) is 4.16. The van der Waals surface area contributed by atoms with Crippen LogP contribution >= 0.6 is 23.4 Å². The average Bonchev–Trinajstić information content (AvgIpc) is 2.10. The van der Waals surface area contributed by atoms with Gasteiger partial charge in [-0.1, -0.05) is 17.7 Å². The first-order valence-electron chi connectivity index (χ1n) is 4.08. The molecule has 0 N–H and O–H groups in total. The molecule has 0 unspecified atom stereocenters. The van der Waals surface area contributed by atoms with Crippen molar-refractivity contribution in [3.05, 3.63) is 34.6 Å². The molecule has 0 bridgehead atoms. The number of hydrogen-bond donors (Lipinski definition) is 0. The third-order valence-electron chi connectivity index (χ3n) is 1.71. The van der Waals surface area contributed by atoms with E-state index in [-0.39, 0.29) is 18.0 Å². The van der Waals surface area contributed by atoms with Gasteiger partial charge in [0.25, 0.3) is 0 Å². The first-order chi connectivity index (χ1) is 6.63. The first kappa shape index (κ1) is 11.5. The molecule has 1 rings (SSSR count). The number of ketones is 1. The van der Waals surface area contributed by atoms with Crippen LogP contribution in [0.25, 0.3) is 0 Å². The lowest BCUT2D eigenvalue weighted by atomic mass is 10.1. The molecule has 0 aliphatic heterocycles. The second kappa shape index (κ2) is 5.37. The van der Waals surface area contributed by atoms with Crippen LogP contribution in [0.3, 0.4) is 0 Å². The summed E-state index contributed by atoms with van der Waals surface area (Å²) >= 11 is 7.25. The van der Waals surface area contributed by atoms with Gasteiger partial charge >= 0.3 is 0 Å². The van der Waals surface area contributed by atoms with Gasteiger partial charge in [0.15, 0.2) is 0 Å². The minimum Gasteiger partial charge on any atom is -0.298 e. The minimum absolute atomic E-state index is 0.103. The molecule has 0 fully saturated rings. The van der Waals surface area contributed by atoms with Crippen molar-refractivity contribution in [2.75, 3.05) is 12.0 Å². The van der Waals surface area contributed by atoms with Crippen molar-refractivity contribution in [3.63, 3.8) is 0 Å². The number of rotatable bonds is 4. The lowest BCUT2D eigenvalue weighted by Crippen LogP contribution is -2.05. The molecule has 0 aromatic heterocycles. The largest absolute Gasteiger partial charge is 0.298 e. The van der Waals surface area contributed by atoms with Crippen molar-refractivity contribution in [3.8, 4) is 0 Å². The smallest absolute Gasteiger partial charge is 0.147 e. The van der Waals surface area contributed by atoms with Gasteiger partial charge in [-0.2, -0.15) is 11.8 Å². The third kappa shape index (κ3) is 3.31. The minimum atomic E-state index is -0.379. The van der Waals surface area contributed by atoms with Crippen LogP contribution in [0.4, 0.5) is 4.39 Å². The Bertz CT molecular complexity index is 341. The lowest BCUT2D eigenvalue weighted by molar-refractivity contribution is -0.115. The van der Waals surface area contributed by atoms with Crippen LogP contribution in [0, 0.1) is 5.82 Å². The Morgan fingerprint density at radius 1 is 1.57 bits per heavy atom. The highest BCUT2D eigenvalue weighted by Gasteiger charge is 2.07. The summed E-state index contributed by atoms with van der Waals surface area (Å²) in [5, 5.41) is 0.319. The highest BCUT2D eigenvalue weighted by molar-refractivity contribution is 7.99. The molecule has 0 amide bonds. The molecule has 0 aliphatic rings. The van der Waals surface area contributed by atoms with E-state index < -0.39 is 0 Å². The molecule has 1 aromatic carbocycles. The molecule has 76 valence electrons. The van der Waals surface area contributed by atoms with Gasteiger partial charge in [-0.3, -0.25) is 4.79 Å².